The molecule has 1 aromatic rings. The van der Waals surface area contributed by atoms with Crippen molar-refractivity contribution in [2.24, 2.45) is 11.7 Å². The van der Waals surface area contributed by atoms with E-state index in [1.165, 1.54) is 6.33 Å². The SMILES string of the molecule is NC(=O)c1cc(CC2COCCN(CCO)C2)ncn1. The third-order valence-corrected chi connectivity index (χ3v) is 3.31. The average Bonchev–Trinajstić information content (AvgIpc) is 2.65. The number of β-amino-alcohol motifs (C(OH)–C–C–N with tert-alkyl or cyclic N) is 1. The van der Waals surface area contributed by atoms with Gasteiger partial charge in [-0.2, -0.15) is 0 Å². The van der Waals surface area contributed by atoms with Crippen LogP contribution >= 0.6 is 0 Å². The van der Waals surface area contributed by atoms with Gasteiger partial charge in [-0.15, -0.1) is 0 Å². The van der Waals surface area contributed by atoms with E-state index < -0.39 is 5.91 Å². The summed E-state index contributed by atoms with van der Waals surface area (Å²) in [6.07, 6.45) is 2.06. The summed E-state index contributed by atoms with van der Waals surface area (Å²) in [7, 11) is 0. The second kappa shape index (κ2) is 7.28. The molecule has 1 amide bonds. The van der Waals surface area contributed by atoms with E-state index in [-0.39, 0.29) is 18.2 Å². The number of carbonyl (C=O) groups is 1. The van der Waals surface area contributed by atoms with E-state index in [4.69, 9.17) is 15.6 Å². The summed E-state index contributed by atoms with van der Waals surface area (Å²) < 4.78 is 5.58. The monoisotopic (exact) mass is 280 g/mol. The number of aliphatic hydroxyl groups excluding tert-OH is 1. The van der Waals surface area contributed by atoms with Gasteiger partial charge in [-0.25, -0.2) is 9.97 Å². The number of nitrogens with two attached hydrogens (primary N) is 1. The van der Waals surface area contributed by atoms with Crippen molar-refractivity contribution in [3.8, 4) is 0 Å². The molecule has 0 bridgehead atoms. The molecule has 7 heteroatoms. The van der Waals surface area contributed by atoms with E-state index in [2.05, 4.69) is 14.9 Å². The first-order chi connectivity index (χ1) is 9.69. The standard InChI is InChI=1S/C13H20N4O3/c14-13(19)12-6-11(15-9-16-12)5-10-7-17(1-3-18)2-4-20-8-10/h6,9-10,18H,1-5,7-8H2,(H2,14,19). The molecule has 1 atom stereocenters. The fourth-order valence-corrected chi connectivity index (χ4v) is 2.36. The van der Waals surface area contributed by atoms with Gasteiger partial charge in [-0.05, 0) is 12.5 Å². The summed E-state index contributed by atoms with van der Waals surface area (Å²) in [5.74, 6) is -0.271. The summed E-state index contributed by atoms with van der Waals surface area (Å²) in [6.45, 7) is 3.79. The van der Waals surface area contributed by atoms with Crippen LogP contribution in [0.4, 0.5) is 0 Å². The summed E-state index contributed by atoms with van der Waals surface area (Å²) in [5, 5.41) is 9.03. The summed E-state index contributed by atoms with van der Waals surface area (Å²) in [4.78, 5) is 21.3. The zero-order chi connectivity index (χ0) is 14.4. The first-order valence-corrected chi connectivity index (χ1v) is 6.70. The van der Waals surface area contributed by atoms with Crippen LogP contribution in [0, 0.1) is 5.92 Å². The Kier molecular flexibility index (Phi) is 5.40. The molecule has 2 rings (SSSR count). The zero-order valence-corrected chi connectivity index (χ0v) is 11.4. The fourth-order valence-electron chi connectivity index (χ4n) is 2.36. The van der Waals surface area contributed by atoms with Crippen molar-refractivity contribution < 1.29 is 14.6 Å². The highest BCUT2D eigenvalue weighted by atomic mass is 16.5. The third-order valence-electron chi connectivity index (χ3n) is 3.31. The number of rotatable bonds is 5. The van der Waals surface area contributed by atoms with E-state index in [1.807, 2.05) is 0 Å². The predicted molar refractivity (Wildman–Crippen MR) is 72.1 cm³/mol. The normalized spacial score (nSPS) is 20.6. The lowest BCUT2D eigenvalue weighted by atomic mass is 10.0. The maximum absolute atomic E-state index is 11.1. The highest BCUT2D eigenvalue weighted by molar-refractivity contribution is 5.90. The minimum Gasteiger partial charge on any atom is -0.395 e. The van der Waals surface area contributed by atoms with Crippen molar-refractivity contribution in [3.05, 3.63) is 23.8 Å². The van der Waals surface area contributed by atoms with Crippen LogP contribution in [0.3, 0.4) is 0 Å². The van der Waals surface area contributed by atoms with E-state index in [0.717, 1.165) is 18.8 Å². The maximum Gasteiger partial charge on any atom is 0.267 e. The smallest absolute Gasteiger partial charge is 0.267 e. The van der Waals surface area contributed by atoms with Gasteiger partial charge in [0.05, 0.1) is 19.8 Å². The molecule has 1 fully saturated rings. The van der Waals surface area contributed by atoms with Gasteiger partial charge in [0.15, 0.2) is 0 Å². The molecule has 1 unspecified atom stereocenters. The zero-order valence-electron chi connectivity index (χ0n) is 11.4. The van der Waals surface area contributed by atoms with Gasteiger partial charge >= 0.3 is 0 Å². The first-order valence-electron chi connectivity index (χ1n) is 6.70. The molecule has 20 heavy (non-hydrogen) atoms. The Morgan fingerprint density at radius 3 is 3.15 bits per heavy atom. The van der Waals surface area contributed by atoms with Crippen LogP contribution in [-0.2, 0) is 11.2 Å². The van der Waals surface area contributed by atoms with Gasteiger partial charge < -0.3 is 15.6 Å². The Balaban J connectivity index is 2.00. The van der Waals surface area contributed by atoms with Crippen LogP contribution in [0.5, 0.6) is 0 Å². The van der Waals surface area contributed by atoms with Crippen LogP contribution in [0.1, 0.15) is 16.2 Å². The number of aliphatic hydroxyl groups is 1. The molecule has 7 nitrogen and oxygen atoms in total. The average molecular weight is 280 g/mol. The van der Waals surface area contributed by atoms with Crippen LogP contribution in [0.25, 0.3) is 0 Å². The summed E-state index contributed by atoms with van der Waals surface area (Å²) in [5.41, 5.74) is 6.23. The topological polar surface area (TPSA) is 102 Å². The Morgan fingerprint density at radius 1 is 1.55 bits per heavy atom. The molecule has 2 heterocycles. The number of nitrogens with zero attached hydrogens (tertiary/aromatic N) is 3. The van der Waals surface area contributed by atoms with Crippen molar-refractivity contribution in [2.75, 3.05) is 39.5 Å². The van der Waals surface area contributed by atoms with Crippen molar-refractivity contribution >= 4 is 5.91 Å². The number of amides is 1. The van der Waals surface area contributed by atoms with Gasteiger partial charge in [-0.1, -0.05) is 0 Å². The molecule has 1 aliphatic rings. The summed E-state index contributed by atoms with van der Waals surface area (Å²) >= 11 is 0. The van der Waals surface area contributed by atoms with E-state index in [1.54, 1.807) is 6.07 Å². The molecule has 0 spiro atoms. The lowest BCUT2D eigenvalue weighted by Crippen LogP contribution is -2.33. The Bertz CT molecular complexity index is 455. The molecular weight excluding hydrogens is 260 g/mol. The van der Waals surface area contributed by atoms with Crippen LogP contribution in [-0.4, -0.2) is 65.3 Å². The maximum atomic E-state index is 11.1. The molecule has 110 valence electrons. The lowest BCUT2D eigenvalue weighted by molar-refractivity contribution is 0.0995. The largest absolute Gasteiger partial charge is 0.395 e. The van der Waals surface area contributed by atoms with E-state index >= 15 is 0 Å². The lowest BCUT2D eigenvalue weighted by Gasteiger charge is -2.22. The van der Waals surface area contributed by atoms with Crippen LogP contribution < -0.4 is 5.73 Å². The third kappa shape index (κ3) is 4.22. The highest BCUT2D eigenvalue weighted by Gasteiger charge is 2.19. The predicted octanol–water partition coefficient (Wildman–Crippen LogP) is -0.941. The molecule has 0 aromatic carbocycles. The van der Waals surface area contributed by atoms with Crippen molar-refractivity contribution in [1.29, 1.82) is 0 Å². The Labute approximate surface area is 117 Å². The first kappa shape index (κ1) is 14.8. The second-order valence-electron chi connectivity index (χ2n) is 4.93. The summed E-state index contributed by atoms with van der Waals surface area (Å²) in [6, 6.07) is 1.63. The number of ether oxygens (including phenoxy) is 1. The minimum atomic E-state index is -0.548. The van der Waals surface area contributed by atoms with Gasteiger partial charge in [0.25, 0.3) is 5.91 Å². The molecule has 0 saturated carbocycles. The highest BCUT2D eigenvalue weighted by Crippen LogP contribution is 2.12. The second-order valence-corrected chi connectivity index (χ2v) is 4.93. The van der Waals surface area contributed by atoms with Crippen molar-refractivity contribution in [2.45, 2.75) is 6.42 Å². The number of primary amides is 1. The number of hydrogen-bond donors (Lipinski definition) is 2. The van der Waals surface area contributed by atoms with E-state index in [0.29, 0.717) is 26.2 Å². The molecule has 1 saturated heterocycles. The van der Waals surface area contributed by atoms with Crippen molar-refractivity contribution in [1.82, 2.24) is 14.9 Å². The molecular formula is C13H20N4O3. The van der Waals surface area contributed by atoms with Gasteiger partial charge in [0.1, 0.15) is 12.0 Å². The van der Waals surface area contributed by atoms with Crippen LogP contribution in [0.2, 0.25) is 0 Å². The van der Waals surface area contributed by atoms with Gasteiger partial charge in [0, 0.05) is 31.2 Å². The molecule has 1 aliphatic heterocycles. The number of aromatic nitrogens is 2. The molecule has 0 radical (unpaired) electrons. The fraction of sp³-hybridized carbons (Fsp3) is 0.615. The van der Waals surface area contributed by atoms with Gasteiger partial charge in [-0.3, -0.25) is 9.69 Å². The molecule has 1 aromatic heterocycles. The Morgan fingerprint density at radius 2 is 2.40 bits per heavy atom. The molecule has 0 aliphatic carbocycles. The number of carbonyl (C=O) groups excluding carboxylic acids is 1. The quantitative estimate of drug-likeness (QED) is 0.721. The number of hydrogen-bond acceptors (Lipinski definition) is 6. The molecule has 3 N–H and O–H groups in total. The van der Waals surface area contributed by atoms with E-state index in [9.17, 15) is 4.79 Å². The minimum absolute atomic E-state index is 0.145. The van der Waals surface area contributed by atoms with Crippen molar-refractivity contribution in [3.63, 3.8) is 0 Å². The van der Waals surface area contributed by atoms with Gasteiger partial charge in [0.2, 0.25) is 0 Å². The Hall–Kier alpha value is -1.57. The van der Waals surface area contributed by atoms with Crippen LogP contribution in [0.15, 0.2) is 12.4 Å².